The largest absolute Gasteiger partial charge is 0.493 e. The molecule has 1 amide bonds. The van der Waals surface area contributed by atoms with E-state index in [-0.39, 0.29) is 12.5 Å². The lowest BCUT2D eigenvalue weighted by Crippen LogP contribution is -2.30. The molecule has 130 valence electrons. The number of H-pyrrole nitrogens is 1. The van der Waals surface area contributed by atoms with Gasteiger partial charge in [0.05, 0.1) is 7.11 Å². The highest BCUT2D eigenvalue weighted by molar-refractivity contribution is 6.31. The van der Waals surface area contributed by atoms with Crippen LogP contribution in [0.1, 0.15) is 5.56 Å². The van der Waals surface area contributed by atoms with Gasteiger partial charge in [0.15, 0.2) is 18.1 Å². The van der Waals surface area contributed by atoms with Crippen LogP contribution in [0, 0.1) is 0 Å². The molecule has 0 unspecified atom stereocenters. The van der Waals surface area contributed by atoms with E-state index in [1.165, 1.54) is 0 Å². The summed E-state index contributed by atoms with van der Waals surface area (Å²) in [5.74, 6) is 0.973. The normalized spacial score (nSPS) is 10.6. The number of methoxy groups -OCH3 is 1. The number of carbonyl (C=O) groups is 1. The maximum atomic E-state index is 12.0. The van der Waals surface area contributed by atoms with Crippen molar-refractivity contribution in [3.8, 4) is 11.5 Å². The molecular weight excluding hydrogens is 340 g/mol. The molecule has 0 aliphatic heterocycles. The van der Waals surface area contributed by atoms with Crippen LogP contribution in [-0.4, -0.2) is 31.2 Å². The minimum absolute atomic E-state index is 0.0555. The van der Waals surface area contributed by atoms with Crippen LogP contribution >= 0.6 is 11.6 Å². The lowest BCUT2D eigenvalue weighted by molar-refractivity contribution is -0.123. The molecule has 3 aromatic rings. The molecule has 3 rings (SSSR count). The SMILES string of the molecule is COc1ccccc1OCC(=O)NCCc1c[nH]c2ccc(Cl)cc12. The van der Waals surface area contributed by atoms with Gasteiger partial charge in [-0.05, 0) is 42.3 Å². The number of rotatable bonds is 7. The number of halogens is 1. The van der Waals surface area contributed by atoms with Crippen molar-refractivity contribution in [1.82, 2.24) is 10.3 Å². The molecule has 0 aliphatic rings. The summed E-state index contributed by atoms with van der Waals surface area (Å²) in [4.78, 5) is 15.2. The van der Waals surface area contributed by atoms with E-state index in [2.05, 4.69) is 10.3 Å². The molecule has 5 nitrogen and oxygen atoms in total. The van der Waals surface area contributed by atoms with Gasteiger partial charge in [-0.25, -0.2) is 0 Å². The first-order valence-electron chi connectivity index (χ1n) is 7.95. The van der Waals surface area contributed by atoms with Crippen molar-refractivity contribution in [2.45, 2.75) is 6.42 Å². The standard InChI is InChI=1S/C19H19ClN2O3/c1-24-17-4-2-3-5-18(17)25-12-19(23)21-9-8-13-11-22-16-7-6-14(20)10-15(13)16/h2-7,10-11,22H,8-9,12H2,1H3,(H,21,23). The summed E-state index contributed by atoms with van der Waals surface area (Å²) in [6, 6.07) is 13.0. The van der Waals surface area contributed by atoms with Gasteiger partial charge in [0.1, 0.15) is 0 Å². The van der Waals surface area contributed by atoms with Gasteiger partial charge in [-0.15, -0.1) is 0 Å². The molecule has 0 fully saturated rings. The van der Waals surface area contributed by atoms with Gasteiger partial charge in [0.25, 0.3) is 5.91 Å². The van der Waals surface area contributed by atoms with Crippen LogP contribution in [-0.2, 0) is 11.2 Å². The molecular formula is C19H19ClN2O3. The number of hydrogen-bond acceptors (Lipinski definition) is 3. The quantitative estimate of drug-likeness (QED) is 0.678. The highest BCUT2D eigenvalue weighted by atomic mass is 35.5. The first-order valence-corrected chi connectivity index (χ1v) is 8.33. The average molecular weight is 359 g/mol. The molecule has 0 saturated heterocycles. The van der Waals surface area contributed by atoms with Crippen LogP contribution in [0.2, 0.25) is 5.02 Å². The number of fused-ring (bicyclic) bond motifs is 1. The van der Waals surface area contributed by atoms with Crippen LogP contribution in [0.5, 0.6) is 11.5 Å². The third-order valence-corrected chi connectivity index (χ3v) is 4.11. The molecule has 0 aliphatic carbocycles. The zero-order chi connectivity index (χ0) is 17.6. The number of nitrogens with one attached hydrogen (secondary N) is 2. The lowest BCUT2D eigenvalue weighted by Gasteiger charge is -2.10. The summed E-state index contributed by atoms with van der Waals surface area (Å²) in [6.07, 6.45) is 2.65. The second-order valence-corrected chi connectivity index (χ2v) is 5.98. The van der Waals surface area contributed by atoms with Crippen molar-refractivity contribution in [3.63, 3.8) is 0 Å². The van der Waals surface area contributed by atoms with Gasteiger partial charge in [-0.1, -0.05) is 23.7 Å². The minimum Gasteiger partial charge on any atom is -0.493 e. The molecule has 2 N–H and O–H groups in total. The Hall–Kier alpha value is -2.66. The molecule has 1 heterocycles. The smallest absolute Gasteiger partial charge is 0.257 e. The van der Waals surface area contributed by atoms with E-state index in [0.717, 1.165) is 16.5 Å². The van der Waals surface area contributed by atoms with E-state index in [0.29, 0.717) is 29.5 Å². The maximum absolute atomic E-state index is 12.0. The van der Waals surface area contributed by atoms with Gasteiger partial charge >= 0.3 is 0 Å². The fourth-order valence-electron chi connectivity index (χ4n) is 2.63. The summed E-state index contributed by atoms with van der Waals surface area (Å²) in [6.45, 7) is 0.466. The van der Waals surface area contributed by atoms with E-state index in [1.54, 1.807) is 19.2 Å². The number of para-hydroxylation sites is 2. The molecule has 0 spiro atoms. The Morgan fingerprint density at radius 1 is 1.20 bits per heavy atom. The van der Waals surface area contributed by atoms with Crippen LogP contribution < -0.4 is 14.8 Å². The Morgan fingerprint density at radius 2 is 2.00 bits per heavy atom. The number of amides is 1. The van der Waals surface area contributed by atoms with Crippen molar-refractivity contribution in [2.24, 2.45) is 0 Å². The van der Waals surface area contributed by atoms with E-state index >= 15 is 0 Å². The summed E-state index contributed by atoms with van der Waals surface area (Å²) in [7, 11) is 1.57. The van der Waals surface area contributed by atoms with Crippen molar-refractivity contribution >= 4 is 28.4 Å². The third kappa shape index (κ3) is 4.25. The predicted molar refractivity (Wildman–Crippen MR) is 98.5 cm³/mol. The van der Waals surface area contributed by atoms with Gasteiger partial charge < -0.3 is 19.8 Å². The van der Waals surface area contributed by atoms with Gasteiger partial charge in [0, 0.05) is 28.7 Å². The Morgan fingerprint density at radius 3 is 2.80 bits per heavy atom. The molecule has 0 saturated carbocycles. The van der Waals surface area contributed by atoms with Gasteiger partial charge in [0.2, 0.25) is 0 Å². The molecule has 1 aromatic heterocycles. The van der Waals surface area contributed by atoms with E-state index in [9.17, 15) is 4.79 Å². The Bertz CT molecular complexity index is 876. The van der Waals surface area contributed by atoms with Crippen molar-refractivity contribution in [3.05, 3.63) is 59.2 Å². The minimum atomic E-state index is -0.177. The summed E-state index contributed by atoms with van der Waals surface area (Å²) in [5, 5.41) is 4.63. The fraction of sp³-hybridized carbons (Fsp3) is 0.211. The monoisotopic (exact) mass is 358 g/mol. The first-order chi connectivity index (χ1) is 12.2. The number of carbonyl (C=O) groups excluding carboxylic acids is 1. The van der Waals surface area contributed by atoms with Crippen molar-refractivity contribution < 1.29 is 14.3 Å². The van der Waals surface area contributed by atoms with E-state index in [1.807, 2.05) is 36.5 Å². The van der Waals surface area contributed by atoms with E-state index < -0.39 is 0 Å². The Kier molecular flexibility index (Phi) is 5.46. The molecule has 2 aromatic carbocycles. The zero-order valence-electron chi connectivity index (χ0n) is 13.8. The van der Waals surface area contributed by atoms with Gasteiger partial charge in [-0.2, -0.15) is 0 Å². The lowest BCUT2D eigenvalue weighted by atomic mass is 10.1. The molecule has 0 atom stereocenters. The third-order valence-electron chi connectivity index (χ3n) is 3.87. The molecule has 0 bridgehead atoms. The predicted octanol–water partition coefficient (Wildman–Crippen LogP) is 3.57. The van der Waals surface area contributed by atoms with Crippen LogP contribution in [0.3, 0.4) is 0 Å². The topological polar surface area (TPSA) is 63.4 Å². The van der Waals surface area contributed by atoms with E-state index in [4.69, 9.17) is 21.1 Å². The van der Waals surface area contributed by atoms with Crippen molar-refractivity contribution in [1.29, 1.82) is 0 Å². The van der Waals surface area contributed by atoms with Crippen LogP contribution in [0.4, 0.5) is 0 Å². The molecule has 0 radical (unpaired) electrons. The number of aromatic amines is 1. The first kappa shape index (κ1) is 17.2. The molecule has 6 heteroatoms. The highest BCUT2D eigenvalue weighted by Gasteiger charge is 2.08. The fourth-order valence-corrected chi connectivity index (χ4v) is 2.80. The van der Waals surface area contributed by atoms with Crippen LogP contribution in [0.25, 0.3) is 10.9 Å². The number of aromatic nitrogens is 1. The van der Waals surface area contributed by atoms with Gasteiger partial charge in [-0.3, -0.25) is 4.79 Å². The van der Waals surface area contributed by atoms with Crippen molar-refractivity contribution in [2.75, 3.05) is 20.3 Å². The summed E-state index contributed by atoms with van der Waals surface area (Å²) < 4.78 is 10.7. The summed E-state index contributed by atoms with van der Waals surface area (Å²) in [5.41, 5.74) is 2.15. The number of hydrogen-bond donors (Lipinski definition) is 2. The summed E-state index contributed by atoms with van der Waals surface area (Å²) >= 11 is 6.05. The maximum Gasteiger partial charge on any atom is 0.257 e. The highest BCUT2D eigenvalue weighted by Crippen LogP contribution is 2.25. The van der Waals surface area contributed by atoms with Crippen LogP contribution in [0.15, 0.2) is 48.7 Å². The number of ether oxygens (including phenoxy) is 2. The Balaban J connectivity index is 1.50. The second kappa shape index (κ2) is 7.94. The molecule has 25 heavy (non-hydrogen) atoms. The zero-order valence-corrected chi connectivity index (χ0v) is 14.6. The average Bonchev–Trinajstić information content (AvgIpc) is 3.02. The second-order valence-electron chi connectivity index (χ2n) is 5.54. The number of benzene rings is 2. The Labute approximate surface area is 150 Å².